The summed E-state index contributed by atoms with van der Waals surface area (Å²) < 4.78 is 40.9. The van der Waals surface area contributed by atoms with Gasteiger partial charge in [-0.3, -0.25) is 9.89 Å². The molecule has 0 bridgehead atoms. The third-order valence-electron chi connectivity index (χ3n) is 3.46. The maximum atomic E-state index is 12.2. The number of carbonyl (C=O) groups excluding carboxylic acids is 1. The van der Waals surface area contributed by atoms with Crippen molar-refractivity contribution in [3.8, 4) is 5.75 Å². The summed E-state index contributed by atoms with van der Waals surface area (Å²) in [6.45, 7) is -1.12. The Labute approximate surface area is 140 Å². The monoisotopic (exact) mass is 349 g/mol. The van der Waals surface area contributed by atoms with E-state index in [0.717, 1.165) is 16.5 Å². The highest BCUT2D eigenvalue weighted by atomic mass is 19.4. The number of fused-ring (bicyclic) bond motifs is 1. The molecule has 0 saturated heterocycles. The fourth-order valence-electron chi connectivity index (χ4n) is 2.27. The van der Waals surface area contributed by atoms with Crippen LogP contribution in [0.15, 0.2) is 48.5 Å². The zero-order chi connectivity index (χ0) is 17.9. The van der Waals surface area contributed by atoms with Gasteiger partial charge in [0.15, 0.2) is 12.3 Å². The van der Waals surface area contributed by atoms with Crippen molar-refractivity contribution in [1.82, 2.24) is 15.5 Å². The molecule has 1 amide bonds. The number of benzene rings is 2. The summed E-state index contributed by atoms with van der Waals surface area (Å²) in [7, 11) is 0. The van der Waals surface area contributed by atoms with Crippen LogP contribution in [0.5, 0.6) is 5.75 Å². The molecule has 2 N–H and O–H groups in total. The number of hydrogen-bond acceptors (Lipinski definition) is 3. The molecule has 0 saturated carbocycles. The Kier molecular flexibility index (Phi) is 4.60. The largest absolute Gasteiger partial charge is 0.484 e. The first-order valence-corrected chi connectivity index (χ1v) is 7.42. The lowest BCUT2D eigenvalue weighted by molar-refractivity contribution is -0.153. The number of amides is 1. The standard InChI is InChI=1S/C17H14F3N3O2/c18-17(19,20)10-25-12-7-5-11(6-8-12)9-21-16(24)15-13-3-1-2-4-14(13)22-23-15/h1-8H,9-10H2,(H,21,24)(H,22,23). The van der Waals surface area contributed by atoms with Crippen molar-refractivity contribution in [3.05, 3.63) is 59.8 Å². The lowest BCUT2D eigenvalue weighted by atomic mass is 10.2. The van der Waals surface area contributed by atoms with Gasteiger partial charge in [0.1, 0.15) is 5.75 Å². The van der Waals surface area contributed by atoms with Gasteiger partial charge in [0.25, 0.3) is 5.91 Å². The summed E-state index contributed by atoms with van der Waals surface area (Å²) in [5.74, 6) is -0.222. The van der Waals surface area contributed by atoms with Crippen LogP contribution in [0.2, 0.25) is 0 Å². The van der Waals surface area contributed by atoms with E-state index in [1.165, 1.54) is 12.1 Å². The van der Waals surface area contributed by atoms with Crippen LogP contribution in [0.3, 0.4) is 0 Å². The Morgan fingerprint density at radius 2 is 1.84 bits per heavy atom. The normalized spacial score (nSPS) is 11.5. The zero-order valence-electron chi connectivity index (χ0n) is 12.9. The van der Waals surface area contributed by atoms with Crippen LogP contribution >= 0.6 is 0 Å². The summed E-state index contributed by atoms with van der Waals surface area (Å²) in [5.41, 5.74) is 1.78. The number of hydrogen-bond donors (Lipinski definition) is 2. The van der Waals surface area contributed by atoms with Crippen LogP contribution in [0.4, 0.5) is 13.2 Å². The molecule has 0 unspecified atom stereocenters. The van der Waals surface area contributed by atoms with E-state index in [1.807, 2.05) is 18.2 Å². The molecule has 0 spiro atoms. The molecule has 0 aliphatic rings. The number of halogens is 3. The molecule has 0 fully saturated rings. The van der Waals surface area contributed by atoms with Gasteiger partial charge >= 0.3 is 6.18 Å². The molecule has 130 valence electrons. The smallest absolute Gasteiger partial charge is 0.422 e. The van der Waals surface area contributed by atoms with Crippen LogP contribution in [0.25, 0.3) is 10.9 Å². The summed E-state index contributed by atoms with van der Waals surface area (Å²) in [4.78, 5) is 12.2. The molecule has 0 aliphatic heterocycles. The van der Waals surface area contributed by atoms with Crippen molar-refractivity contribution in [2.45, 2.75) is 12.7 Å². The minimum Gasteiger partial charge on any atom is -0.484 e. The Morgan fingerprint density at radius 3 is 2.56 bits per heavy atom. The van der Waals surface area contributed by atoms with Gasteiger partial charge in [-0.05, 0) is 23.8 Å². The van der Waals surface area contributed by atoms with E-state index in [0.29, 0.717) is 5.69 Å². The number of nitrogens with one attached hydrogen (secondary N) is 2. The molecular formula is C17H14F3N3O2. The van der Waals surface area contributed by atoms with Crippen molar-refractivity contribution in [1.29, 1.82) is 0 Å². The molecule has 25 heavy (non-hydrogen) atoms. The molecule has 5 nitrogen and oxygen atoms in total. The van der Waals surface area contributed by atoms with E-state index in [9.17, 15) is 18.0 Å². The predicted octanol–water partition coefficient (Wildman–Crippen LogP) is 3.43. The number of alkyl halides is 3. The highest BCUT2D eigenvalue weighted by molar-refractivity contribution is 6.04. The third kappa shape index (κ3) is 4.28. The third-order valence-corrected chi connectivity index (χ3v) is 3.46. The molecule has 8 heteroatoms. The first-order valence-electron chi connectivity index (χ1n) is 7.42. The molecule has 0 radical (unpaired) electrons. The van der Waals surface area contributed by atoms with Crippen molar-refractivity contribution < 1.29 is 22.7 Å². The van der Waals surface area contributed by atoms with Crippen LogP contribution in [0.1, 0.15) is 16.1 Å². The van der Waals surface area contributed by atoms with E-state index < -0.39 is 12.8 Å². The van der Waals surface area contributed by atoms with Gasteiger partial charge in [-0.1, -0.05) is 30.3 Å². The van der Waals surface area contributed by atoms with E-state index >= 15 is 0 Å². The molecule has 1 heterocycles. The quantitative estimate of drug-likeness (QED) is 0.742. The fourth-order valence-corrected chi connectivity index (χ4v) is 2.27. The van der Waals surface area contributed by atoms with Crippen LogP contribution < -0.4 is 10.1 Å². The first kappa shape index (κ1) is 16.8. The topological polar surface area (TPSA) is 67.0 Å². The second-order valence-electron chi connectivity index (χ2n) is 5.35. The van der Waals surface area contributed by atoms with Gasteiger partial charge < -0.3 is 10.1 Å². The average molecular weight is 349 g/mol. The number of aromatic amines is 1. The van der Waals surface area contributed by atoms with E-state index in [-0.39, 0.29) is 18.2 Å². The summed E-state index contributed by atoms with van der Waals surface area (Å²) >= 11 is 0. The van der Waals surface area contributed by atoms with Gasteiger partial charge in [0.2, 0.25) is 0 Å². The van der Waals surface area contributed by atoms with Crippen LogP contribution in [-0.2, 0) is 6.54 Å². The van der Waals surface area contributed by atoms with Crippen LogP contribution in [0, 0.1) is 0 Å². The number of nitrogens with zero attached hydrogens (tertiary/aromatic N) is 1. The SMILES string of the molecule is O=C(NCc1ccc(OCC(F)(F)F)cc1)c1n[nH]c2ccccc12. The molecule has 0 aliphatic carbocycles. The van der Waals surface area contributed by atoms with Crippen LogP contribution in [-0.4, -0.2) is 28.9 Å². The molecule has 1 aromatic heterocycles. The Balaban J connectivity index is 1.59. The van der Waals surface area contributed by atoms with Gasteiger partial charge in [-0.2, -0.15) is 18.3 Å². The van der Waals surface area contributed by atoms with E-state index in [2.05, 4.69) is 20.3 Å². The summed E-state index contributed by atoms with van der Waals surface area (Å²) in [6.07, 6.45) is -4.38. The number of para-hydroxylation sites is 1. The van der Waals surface area contributed by atoms with Gasteiger partial charge in [0, 0.05) is 11.9 Å². The van der Waals surface area contributed by atoms with Crippen molar-refractivity contribution >= 4 is 16.8 Å². The first-order chi connectivity index (χ1) is 11.9. The second kappa shape index (κ2) is 6.84. The molecule has 3 rings (SSSR count). The summed E-state index contributed by atoms with van der Waals surface area (Å²) in [5, 5.41) is 10.2. The summed E-state index contributed by atoms with van der Waals surface area (Å²) in [6, 6.07) is 13.3. The van der Waals surface area contributed by atoms with Gasteiger partial charge in [0.05, 0.1) is 5.52 Å². The maximum Gasteiger partial charge on any atom is 0.422 e. The molecule has 0 atom stereocenters. The number of ether oxygens (including phenoxy) is 1. The predicted molar refractivity (Wildman–Crippen MR) is 85.3 cm³/mol. The van der Waals surface area contributed by atoms with E-state index in [1.54, 1.807) is 18.2 Å². The Hall–Kier alpha value is -3.03. The van der Waals surface area contributed by atoms with Crippen molar-refractivity contribution in [2.75, 3.05) is 6.61 Å². The Morgan fingerprint density at radius 1 is 1.12 bits per heavy atom. The molecule has 2 aromatic carbocycles. The molecule has 3 aromatic rings. The zero-order valence-corrected chi connectivity index (χ0v) is 12.9. The second-order valence-corrected chi connectivity index (χ2v) is 5.35. The van der Waals surface area contributed by atoms with Crippen molar-refractivity contribution in [3.63, 3.8) is 0 Å². The lowest BCUT2D eigenvalue weighted by Gasteiger charge is -2.10. The number of rotatable bonds is 5. The lowest BCUT2D eigenvalue weighted by Crippen LogP contribution is -2.23. The minimum atomic E-state index is -4.38. The van der Waals surface area contributed by atoms with Gasteiger partial charge in [-0.25, -0.2) is 0 Å². The average Bonchev–Trinajstić information content (AvgIpc) is 3.02. The number of H-pyrrole nitrogens is 1. The van der Waals surface area contributed by atoms with Crippen molar-refractivity contribution in [2.24, 2.45) is 0 Å². The highest BCUT2D eigenvalue weighted by Gasteiger charge is 2.28. The molecular weight excluding hydrogens is 335 g/mol. The fraction of sp³-hybridized carbons (Fsp3) is 0.176. The minimum absolute atomic E-state index is 0.116. The maximum absolute atomic E-state index is 12.2. The highest BCUT2D eigenvalue weighted by Crippen LogP contribution is 2.19. The Bertz CT molecular complexity index is 873. The van der Waals surface area contributed by atoms with E-state index in [4.69, 9.17) is 0 Å². The number of aromatic nitrogens is 2. The number of carbonyl (C=O) groups is 1. The van der Waals surface area contributed by atoms with Gasteiger partial charge in [-0.15, -0.1) is 0 Å².